The number of nitrogens with zero attached hydrogens (tertiary/aromatic N) is 2. The lowest BCUT2D eigenvalue weighted by Crippen LogP contribution is -2.02. The third-order valence-corrected chi connectivity index (χ3v) is 2.34. The summed E-state index contributed by atoms with van der Waals surface area (Å²) in [5.74, 6) is -0.0979. The van der Waals surface area contributed by atoms with Gasteiger partial charge in [0.15, 0.2) is 5.82 Å². The summed E-state index contributed by atoms with van der Waals surface area (Å²) in [6, 6.07) is 4.71. The van der Waals surface area contributed by atoms with Gasteiger partial charge in [-0.2, -0.15) is 4.98 Å². The van der Waals surface area contributed by atoms with Gasteiger partial charge in [0.2, 0.25) is 5.28 Å². The number of halogens is 2. The summed E-state index contributed by atoms with van der Waals surface area (Å²) in [6.07, 6.45) is 1.37. The third kappa shape index (κ3) is 2.62. The average molecular weight is 253 g/mol. The van der Waals surface area contributed by atoms with E-state index in [0.717, 1.165) is 5.56 Å². The fourth-order valence-corrected chi connectivity index (χ4v) is 1.47. The van der Waals surface area contributed by atoms with Crippen molar-refractivity contribution in [2.75, 3.05) is 11.1 Å². The number of anilines is 3. The number of aromatic nitrogens is 2. The van der Waals surface area contributed by atoms with Gasteiger partial charge in [-0.1, -0.05) is 6.07 Å². The molecule has 1 heterocycles. The van der Waals surface area contributed by atoms with E-state index in [2.05, 4.69) is 15.3 Å². The molecule has 2 rings (SSSR count). The highest BCUT2D eigenvalue weighted by Gasteiger charge is 2.07. The van der Waals surface area contributed by atoms with Crippen LogP contribution < -0.4 is 11.1 Å². The second-order valence-electron chi connectivity index (χ2n) is 3.55. The lowest BCUT2D eigenvalue weighted by molar-refractivity contribution is 0.631. The Hall–Kier alpha value is -1.88. The Morgan fingerprint density at radius 3 is 2.94 bits per heavy atom. The average Bonchev–Trinajstić information content (AvgIpc) is 2.28. The van der Waals surface area contributed by atoms with Gasteiger partial charge < -0.3 is 11.1 Å². The molecule has 6 heteroatoms. The minimum atomic E-state index is -0.385. The summed E-state index contributed by atoms with van der Waals surface area (Å²) < 4.78 is 13.5. The van der Waals surface area contributed by atoms with Gasteiger partial charge in [0.1, 0.15) is 5.82 Å². The Morgan fingerprint density at radius 1 is 1.41 bits per heavy atom. The highest BCUT2D eigenvalue weighted by atomic mass is 35.5. The lowest BCUT2D eigenvalue weighted by Gasteiger charge is -2.09. The fourth-order valence-electron chi connectivity index (χ4n) is 1.33. The molecule has 0 spiro atoms. The van der Waals surface area contributed by atoms with E-state index in [-0.39, 0.29) is 16.9 Å². The van der Waals surface area contributed by atoms with E-state index in [4.69, 9.17) is 17.3 Å². The first-order chi connectivity index (χ1) is 8.06. The fraction of sp³-hybridized carbons (Fsp3) is 0.0909. The van der Waals surface area contributed by atoms with Crippen molar-refractivity contribution < 1.29 is 4.39 Å². The van der Waals surface area contributed by atoms with Crippen LogP contribution in [0.25, 0.3) is 0 Å². The summed E-state index contributed by atoms with van der Waals surface area (Å²) in [6.45, 7) is 1.86. The standard InChI is InChI=1S/C11H10ClFN4/c1-6-2-3-7(13)9(4-6)16-10-8(14)5-15-11(12)17-10/h2-5H,14H2,1H3,(H,15,16,17). The van der Waals surface area contributed by atoms with Crippen LogP contribution in [0.5, 0.6) is 0 Å². The first kappa shape index (κ1) is 11.6. The van der Waals surface area contributed by atoms with Gasteiger partial charge in [0.25, 0.3) is 0 Å². The monoisotopic (exact) mass is 252 g/mol. The molecule has 0 aliphatic rings. The lowest BCUT2D eigenvalue weighted by atomic mass is 10.2. The zero-order chi connectivity index (χ0) is 12.4. The Bertz CT molecular complexity index is 510. The van der Waals surface area contributed by atoms with Crippen LogP contribution in [0.1, 0.15) is 5.56 Å². The van der Waals surface area contributed by atoms with Crippen LogP contribution in [0.2, 0.25) is 5.28 Å². The van der Waals surface area contributed by atoms with E-state index >= 15 is 0 Å². The van der Waals surface area contributed by atoms with Crippen molar-refractivity contribution >= 4 is 28.8 Å². The predicted octanol–water partition coefficient (Wildman–Crippen LogP) is 2.90. The molecule has 88 valence electrons. The first-order valence-electron chi connectivity index (χ1n) is 4.87. The highest BCUT2D eigenvalue weighted by molar-refractivity contribution is 6.28. The minimum Gasteiger partial charge on any atom is -0.394 e. The van der Waals surface area contributed by atoms with Gasteiger partial charge in [-0.25, -0.2) is 9.37 Å². The van der Waals surface area contributed by atoms with Gasteiger partial charge in [0, 0.05) is 0 Å². The smallest absolute Gasteiger partial charge is 0.224 e. The van der Waals surface area contributed by atoms with E-state index in [1.54, 1.807) is 12.1 Å². The molecule has 2 aromatic rings. The molecular weight excluding hydrogens is 243 g/mol. The van der Waals surface area contributed by atoms with Crippen LogP contribution in [0.4, 0.5) is 21.6 Å². The molecule has 0 fully saturated rings. The molecular formula is C11H10ClFN4. The topological polar surface area (TPSA) is 63.8 Å². The van der Waals surface area contributed by atoms with Gasteiger partial charge in [-0.05, 0) is 36.2 Å². The number of nitrogen functional groups attached to an aromatic ring is 1. The van der Waals surface area contributed by atoms with Gasteiger partial charge in [-0.3, -0.25) is 0 Å². The first-order valence-corrected chi connectivity index (χ1v) is 5.25. The molecule has 4 nitrogen and oxygen atoms in total. The van der Waals surface area contributed by atoms with Gasteiger partial charge in [0.05, 0.1) is 17.6 Å². The number of benzene rings is 1. The van der Waals surface area contributed by atoms with Crippen molar-refractivity contribution in [3.05, 3.63) is 41.1 Å². The van der Waals surface area contributed by atoms with Crippen molar-refractivity contribution in [3.8, 4) is 0 Å². The number of aryl methyl sites for hydroxylation is 1. The Balaban J connectivity index is 2.37. The zero-order valence-electron chi connectivity index (χ0n) is 9.04. The molecule has 0 amide bonds. The molecule has 17 heavy (non-hydrogen) atoms. The summed E-state index contributed by atoms with van der Waals surface area (Å²) >= 11 is 5.64. The molecule has 3 N–H and O–H groups in total. The number of nitrogens with two attached hydrogens (primary N) is 1. The van der Waals surface area contributed by atoms with Crippen LogP contribution in [0.3, 0.4) is 0 Å². The molecule has 0 aliphatic carbocycles. The maximum Gasteiger partial charge on any atom is 0.224 e. The van der Waals surface area contributed by atoms with E-state index in [9.17, 15) is 4.39 Å². The molecule has 0 radical (unpaired) electrons. The van der Waals surface area contributed by atoms with E-state index in [0.29, 0.717) is 11.4 Å². The number of hydrogen-bond donors (Lipinski definition) is 2. The normalized spacial score (nSPS) is 10.3. The number of rotatable bonds is 2. The van der Waals surface area contributed by atoms with Gasteiger partial charge in [-0.15, -0.1) is 0 Å². The van der Waals surface area contributed by atoms with Crippen molar-refractivity contribution in [2.45, 2.75) is 6.92 Å². The van der Waals surface area contributed by atoms with Crippen LogP contribution in [0, 0.1) is 12.7 Å². The Kier molecular flexibility index (Phi) is 3.10. The Labute approximate surface area is 103 Å². The molecule has 0 aliphatic heterocycles. The SMILES string of the molecule is Cc1ccc(F)c(Nc2nc(Cl)ncc2N)c1. The molecule has 1 aromatic heterocycles. The maximum atomic E-state index is 13.5. The quantitative estimate of drug-likeness (QED) is 0.807. The molecule has 0 bridgehead atoms. The van der Waals surface area contributed by atoms with Crippen LogP contribution in [0.15, 0.2) is 24.4 Å². The molecule has 0 atom stereocenters. The number of hydrogen-bond acceptors (Lipinski definition) is 4. The van der Waals surface area contributed by atoms with Crippen molar-refractivity contribution in [3.63, 3.8) is 0 Å². The van der Waals surface area contributed by atoms with Crippen LogP contribution >= 0.6 is 11.6 Å². The summed E-state index contributed by atoms with van der Waals surface area (Å²) in [4.78, 5) is 7.61. The Morgan fingerprint density at radius 2 is 2.18 bits per heavy atom. The van der Waals surface area contributed by atoms with Crippen LogP contribution in [-0.4, -0.2) is 9.97 Å². The van der Waals surface area contributed by atoms with Crippen molar-refractivity contribution in [1.82, 2.24) is 9.97 Å². The largest absolute Gasteiger partial charge is 0.394 e. The summed E-state index contributed by atoms with van der Waals surface area (Å²) in [5.41, 5.74) is 7.18. The molecule has 0 saturated carbocycles. The van der Waals surface area contributed by atoms with Crippen molar-refractivity contribution in [1.29, 1.82) is 0 Å². The summed E-state index contributed by atoms with van der Waals surface area (Å²) in [5, 5.41) is 2.84. The van der Waals surface area contributed by atoms with Crippen molar-refractivity contribution in [2.24, 2.45) is 0 Å². The van der Waals surface area contributed by atoms with E-state index < -0.39 is 0 Å². The predicted molar refractivity (Wildman–Crippen MR) is 65.9 cm³/mol. The third-order valence-electron chi connectivity index (χ3n) is 2.16. The minimum absolute atomic E-state index is 0.0507. The maximum absolute atomic E-state index is 13.5. The molecule has 1 aromatic carbocycles. The number of nitrogens with one attached hydrogen (secondary N) is 1. The highest BCUT2D eigenvalue weighted by Crippen LogP contribution is 2.24. The second-order valence-corrected chi connectivity index (χ2v) is 3.89. The molecule has 0 unspecified atom stereocenters. The van der Waals surface area contributed by atoms with E-state index in [1.165, 1.54) is 12.3 Å². The van der Waals surface area contributed by atoms with Crippen LogP contribution in [-0.2, 0) is 0 Å². The second kappa shape index (κ2) is 4.55. The van der Waals surface area contributed by atoms with E-state index in [1.807, 2.05) is 6.92 Å². The zero-order valence-corrected chi connectivity index (χ0v) is 9.79. The molecule has 0 saturated heterocycles. The summed E-state index contributed by atoms with van der Waals surface area (Å²) in [7, 11) is 0. The van der Waals surface area contributed by atoms with Gasteiger partial charge >= 0.3 is 0 Å².